The molecule has 110 valence electrons. The highest BCUT2D eigenvalue weighted by Crippen LogP contribution is 2.66. The zero-order chi connectivity index (χ0) is 13.8. The molecule has 19 heavy (non-hydrogen) atoms. The highest BCUT2D eigenvalue weighted by molar-refractivity contribution is 5.06. The Morgan fingerprint density at radius 2 is 1.58 bits per heavy atom. The van der Waals surface area contributed by atoms with Gasteiger partial charge in [-0.05, 0) is 78.9 Å². The molecule has 7 atom stereocenters. The van der Waals surface area contributed by atoms with E-state index in [0.717, 1.165) is 29.6 Å². The van der Waals surface area contributed by atoms with Crippen molar-refractivity contribution < 1.29 is 0 Å². The predicted octanol–water partition coefficient (Wildman–Crippen LogP) is 5.91. The molecule has 0 saturated heterocycles. The van der Waals surface area contributed by atoms with Crippen LogP contribution in [0, 0.1) is 40.4 Å². The maximum atomic E-state index is 2.66. The van der Waals surface area contributed by atoms with Crippen LogP contribution in [0.2, 0.25) is 0 Å². The van der Waals surface area contributed by atoms with Crippen LogP contribution in [0.3, 0.4) is 0 Å². The minimum absolute atomic E-state index is 0.614. The van der Waals surface area contributed by atoms with Gasteiger partial charge in [0.25, 0.3) is 0 Å². The van der Waals surface area contributed by atoms with Gasteiger partial charge in [-0.25, -0.2) is 0 Å². The van der Waals surface area contributed by atoms with E-state index in [0.29, 0.717) is 10.8 Å². The van der Waals surface area contributed by atoms with Crippen LogP contribution in [-0.4, -0.2) is 0 Å². The van der Waals surface area contributed by atoms with Crippen LogP contribution in [0.15, 0.2) is 0 Å². The van der Waals surface area contributed by atoms with E-state index in [-0.39, 0.29) is 0 Å². The Morgan fingerprint density at radius 3 is 2.32 bits per heavy atom. The van der Waals surface area contributed by atoms with Gasteiger partial charge in [0.05, 0.1) is 0 Å². The third-order valence-corrected chi connectivity index (χ3v) is 8.19. The minimum Gasteiger partial charge on any atom is -0.0625 e. The van der Waals surface area contributed by atoms with Gasteiger partial charge < -0.3 is 0 Å². The average molecular weight is 262 g/mol. The second-order valence-electron chi connectivity index (χ2n) is 9.13. The Labute approximate surface area is 120 Å². The van der Waals surface area contributed by atoms with Crippen molar-refractivity contribution in [2.45, 2.75) is 79.6 Å². The van der Waals surface area contributed by atoms with Crippen LogP contribution in [-0.2, 0) is 0 Å². The van der Waals surface area contributed by atoms with Gasteiger partial charge >= 0.3 is 0 Å². The molecule has 3 aliphatic carbocycles. The van der Waals surface area contributed by atoms with Crippen molar-refractivity contribution in [3.05, 3.63) is 0 Å². The Balaban J connectivity index is 1.88. The third kappa shape index (κ3) is 2.00. The lowest BCUT2D eigenvalue weighted by Crippen LogP contribution is -2.55. The Kier molecular flexibility index (Phi) is 3.31. The number of hydrogen-bond acceptors (Lipinski definition) is 0. The molecule has 0 N–H and O–H groups in total. The molecule has 7 unspecified atom stereocenters. The van der Waals surface area contributed by atoms with Crippen LogP contribution >= 0.6 is 0 Å². The zero-order valence-electron chi connectivity index (χ0n) is 13.8. The van der Waals surface area contributed by atoms with Crippen LogP contribution in [0.25, 0.3) is 0 Å². The average Bonchev–Trinajstić information content (AvgIpc) is 2.36. The maximum Gasteiger partial charge on any atom is -0.0241 e. The highest BCUT2D eigenvalue weighted by atomic mass is 14.6. The van der Waals surface area contributed by atoms with E-state index in [1.807, 2.05) is 0 Å². The summed E-state index contributed by atoms with van der Waals surface area (Å²) in [5.74, 6) is 4.97. The third-order valence-electron chi connectivity index (χ3n) is 8.19. The van der Waals surface area contributed by atoms with Crippen molar-refractivity contribution in [3.8, 4) is 0 Å². The maximum absolute atomic E-state index is 2.66. The molecule has 0 aliphatic heterocycles. The summed E-state index contributed by atoms with van der Waals surface area (Å²) in [5.41, 5.74) is 1.25. The molecule has 3 fully saturated rings. The van der Waals surface area contributed by atoms with E-state index in [1.165, 1.54) is 44.9 Å². The van der Waals surface area contributed by atoms with Crippen LogP contribution in [0.4, 0.5) is 0 Å². The van der Waals surface area contributed by atoms with E-state index in [2.05, 4.69) is 34.6 Å². The molecular weight excluding hydrogens is 228 g/mol. The van der Waals surface area contributed by atoms with Gasteiger partial charge in [0.15, 0.2) is 0 Å². The quantitative estimate of drug-likeness (QED) is 0.509. The summed E-state index contributed by atoms with van der Waals surface area (Å²) in [6, 6.07) is 0. The summed E-state index contributed by atoms with van der Waals surface area (Å²) in [5, 5.41) is 0. The monoisotopic (exact) mass is 262 g/mol. The number of fused-ring (bicyclic) bond motifs is 2. The number of hydrogen-bond donors (Lipinski definition) is 0. The van der Waals surface area contributed by atoms with Crippen molar-refractivity contribution in [1.82, 2.24) is 0 Å². The standard InChI is InChI=1S/C19H34/c1-13-6-7-16-11-18(4)9-8-14(2)15(3)19(18,5)12-17(16)10-13/h13-17H,6-12H2,1-5H3. The fourth-order valence-electron chi connectivity index (χ4n) is 6.23. The Morgan fingerprint density at radius 1 is 0.842 bits per heavy atom. The molecule has 0 bridgehead atoms. The lowest BCUT2D eigenvalue weighted by atomic mass is 9.42. The van der Waals surface area contributed by atoms with E-state index in [9.17, 15) is 0 Å². The highest BCUT2D eigenvalue weighted by Gasteiger charge is 2.57. The first-order chi connectivity index (χ1) is 8.86. The molecule has 0 nitrogen and oxygen atoms in total. The molecule has 0 aromatic rings. The van der Waals surface area contributed by atoms with Gasteiger partial charge in [0, 0.05) is 0 Å². The first-order valence-corrected chi connectivity index (χ1v) is 8.86. The van der Waals surface area contributed by atoms with Gasteiger partial charge in [0.1, 0.15) is 0 Å². The summed E-state index contributed by atoms with van der Waals surface area (Å²) < 4.78 is 0. The van der Waals surface area contributed by atoms with Crippen LogP contribution in [0.1, 0.15) is 79.6 Å². The lowest BCUT2D eigenvalue weighted by molar-refractivity contribution is -0.137. The normalized spacial score (nSPS) is 58.3. The molecule has 0 heteroatoms. The first-order valence-electron chi connectivity index (χ1n) is 8.86. The predicted molar refractivity (Wildman–Crippen MR) is 83.0 cm³/mol. The van der Waals surface area contributed by atoms with Crippen LogP contribution in [0.5, 0.6) is 0 Å². The van der Waals surface area contributed by atoms with Crippen molar-refractivity contribution in [2.24, 2.45) is 40.4 Å². The smallest absolute Gasteiger partial charge is 0.0241 e. The molecule has 3 saturated carbocycles. The molecule has 3 rings (SSSR count). The van der Waals surface area contributed by atoms with Gasteiger partial charge in [-0.2, -0.15) is 0 Å². The Bertz CT molecular complexity index is 346. The topological polar surface area (TPSA) is 0 Å². The molecule has 0 radical (unpaired) electrons. The molecule has 0 aromatic carbocycles. The number of rotatable bonds is 0. The zero-order valence-corrected chi connectivity index (χ0v) is 13.8. The van der Waals surface area contributed by atoms with Gasteiger partial charge in [-0.15, -0.1) is 0 Å². The van der Waals surface area contributed by atoms with E-state index < -0.39 is 0 Å². The molecule has 0 amide bonds. The fraction of sp³-hybridized carbons (Fsp3) is 1.00. The van der Waals surface area contributed by atoms with E-state index in [1.54, 1.807) is 0 Å². The van der Waals surface area contributed by atoms with Crippen molar-refractivity contribution >= 4 is 0 Å². The van der Waals surface area contributed by atoms with E-state index >= 15 is 0 Å². The van der Waals surface area contributed by atoms with Crippen LogP contribution < -0.4 is 0 Å². The molecule has 0 aromatic heterocycles. The summed E-state index contributed by atoms with van der Waals surface area (Å²) in [4.78, 5) is 0. The Hall–Kier alpha value is 0. The fourth-order valence-corrected chi connectivity index (χ4v) is 6.23. The molecule has 0 heterocycles. The minimum atomic E-state index is 0.614. The van der Waals surface area contributed by atoms with Crippen molar-refractivity contribution in [2.75, 3.05) is 0 Å². The summed E-state index contributed by atoms with van der Waals surface area (Å²) in [6.07, 6.45) is 10.6. The first kappa shape index (κ1) is 14.0. The molecule has 3 aliphatic rings. The lowest BCUT2D eigenvalue weighted by Gasteiger charge is -2.63. The summed E-state index contributed by atoms with van der Waals surface area (Å²) in [6.45, 7) is 12.9. The van der Waals surface area contributed by atoms with Gasteiger partial charge in [0.2, 0.25) is 0 Å². The largest absolute Gasteiger partial charge is 0.0625 e. The second-order valence-corrected chi connectivity index (χ2v) is 9.13. The van der Waals surface area contributed by atoms with Gasteiger partial charge in [-0.3, -0.25) is 0 Å². The molecule has 0 spiro atoms. The second kappa shape index (κ2) is 4.50. The van der Waals surface area contributed by atoms with E-state index in [4.69, 9.17) is 0 Å². The molecular formula is C19H34. The van der Waals surface area contributed by atoms with Gasteiger partial charge in [-0.1, -0.05) is 41.0 Å². The van der Waals surface area contributed by atoms with Crippen molar-refractivity contribution in [3.63, 3.8) is 0 Å². The summed E-state index contributed by atoms with van der Waals surface area (Å²) >= 11 is 0. The van der Waals surface area contributed by atoms with Crippen molar-refractivity contribution in [1.29, 1.82) is 0 Å². The SMILES string of the molecule is CC1CCC2CC3(C)CCC(C)C(C)C3(C)CC2C1. The summed E-state index contributed by atoms with van der Waals surface area (Å²) in [7, 11) is 0.